The van der Waals surface area contributed by atoms with Crippen LogP contribution in [0.1, 0.15) is 45.4 Å². The molecule has 2 aliphatic rings. The lowest BCUT2D eigenvalue weighted by Gasteiger charge is -2.25. The molecule has 2 bridgehead atoms. The van der Waals surface area contributed by atoms with Crippen LogP contribution in [-0.4, -0.2) is 54.6 Å². The zero-order chi connectivity index (χ0) is 12.3. The minimum Gasteiger partial charge on any atom is -0.328 e. The van der Waals surface area contributed by atoms with E-state index in [9.17, 15) is 0 Å². The Hall–Kier alpha value is -0.120. The minimum absolute atomic E-state index is 0.376. The number of likely N-dealkylation sites (tertiary alicyclic amines) is 1. The summed E-state index contributed by atoms with van der Waals surface area (Å²) >= 11 is 0. The number of likely N-dealkylation sites (N-methyl/N-ethyl adjacent to an activating group) is 1. The highest BCUT2D eigenvalue weighted by Gasteiger charge is 2.34. The number of fused-ring (bicyclic) bond motifs is 2. The predicted molar refractivity (Wildman–Crippen MR) is 73.1 cm³/mol. The second-order valence-electron chi connectivity index (χ2n) is 6.11. The van der Waals surface area contributed by atoms with E-state index in [1.54, 1.807) is 0 Å². The number of nitrogens with zero attached hydrogens (tertiary/aromatic N) is 2. The molecule has 2 rings (SSSR count). The molecule has 0 aromatic heterocycles. The molecule has 0 radical (unpaired) electrons. The van der Waals surface area contributed by atoms with Crippen LogP contribution in [0.2, 0.25) is 0 Å². The maximum absolute atomic E-state index is 5.78. The summed E-state index contributed by atoms with van der Waals surface area (Å²) in [5, 5.41) is 0. The molecular weight excluding hydrogens is 210 g/mol. The molecule has 2 saturated heterocycles. The number of unbranched alkanes of at least 4 members (excludes halogenated alkanes) is 1. The van der Waals surface area contributed by atoms with Crippen molar-refractivity contribution < 1.29 is 0 Å². The maximum atomic E-state index is 5.78. The molecular formula is C14H29N3. The van der Waals surface area contributed by atoms with Crippen LogP contribution in [0.25, 0.3) is 0 Å². The summed E-state index contributed by atoms with van der Waals surface area (Å²) in [4.78, 5) is 5.31. The van der Waals surface area contributed by atoms with Crippen LogP contribution in [0, 0.1) is 0 Å². The zero-order valence-electron chi connectivity index (χ0n) is 11.6. The van der Waals surface area contributed by atoms with Crippen molar-refractivity contribution in [2.24, 2.45) is 5.73 Å². The summed E-state index contributed by atoms with van der Waals surface area (Å²) in [5.41, 5.74) is 5.78. The van der Waals surface area contributed by atoms with Crippen LogP contribution in [0.3, 0.4) is 0 Å². The molecule has 2 aliphatic heterocycles. The van der Waals surface area contributed by atoms with Gasteiger partial charge in [0, 0.05) is 24.7 Å². The molecule has 0 amide bonds. The van der Waals surface area contributed by atoms with Crippen molar-refractivity contribution in [2.45, 2.75) is 63.6 Å². The SMILES string of the molecule is CC(N)CCCCN1CCC2CCC(C1)N2C. The zero-order valence-corrected chi connectivity index (χ0v) is 11.6. The molecule has 100 valence electrons. The van der Waals surface area contributed by atoms with Gasteiger partial charge >= 0.3 is 0 Å². The van der Waals surface area contributed by atoms with Crippen LogP contribution in [0.15, 0.2) is 0 Å². The normalized spacial score (nSPS) is 32.6. The topological polar surface area (TPSA) is 32.5 Å². The maximum Gasteiger partial charge on any atom is 0.0223 e. The van der Waals surface area contributed by atoms with Crippen molar-refractivity contribution in [3.8, 4) is 0 Å². The predicted octanol–water partition coefficient (Wildman–Crippen LogP) is 1.67. The van der Waals surface area contributed by atoms with Crippen molar-refractivity contribution in [1.82, 2.24) is 9.80 Å². The summed E-state index contributed by atoms with van der Waals surface area (Å²) < 4.78 is 0. The Bertz CT molecular complexity index is 230. The van der Waals surface area contributed by atoms with E-state index in [0.29, 0.717) is 6.04 Å². The first-order valence-corrected chi connectivity index (χ1v) is 7.36. The Morgan fingerprint density at radius 3 is 2.71 bits per heavy atom. The molecule has 0 aromatic rings. The van der Waals surface area contributed by atoms with Gasteiger partial charge < -0.3 is 10.6 Å². The van der Waals surface area contributed by atoms with Crippen molar-refractivity contribution in [3.05, 3.63) is 0 Å². The Balaban J connectivity index is 1.68. The first kappa shape index (κ1) is 13.3. The minimum atomic E-state index is 0.376. The first-order valence-electron chi connectivity index (χ1n) is 7.36. The van der Waals surface area contributed by atoms with E-state index in [0.717, 1.165) is 12.1 Å². The summed E-state index contributed by atoms with van der Waals surface area (Å²) in [5.74, 6) is 0. The van der Waals surface area contributed by atoms with Gasteiger partial charge in [0.1, 0.15) is 0 Å². The Morgan fingerprint density at radius 2 is 1.94 bits per heavy atom. The second kappa shape index (κ2) is 6.17. The van der Waals surface area contributed by atoms with Gasteiger partial charge in [0.25, 0.3) is 0 Å². The van der Waals surface area contributed by atoms with Gasteiger partial charge in [-0.1, -0.05) is 6.42 Å². The van der Waals surface area contributed by atoms with Crippen LogP contribution in [-0.2, 0) is 0 Å². The van der Waals surface area contributed by atoms with Gasteiger partial charge in [-0.25, -0.2) is 0 Å². The lowest BCUT2D eigenvalue weighted by molar-refractivity contribution is 0.216. The molecule has 0 aliphatic carbocycles. The summed E-state index contributed by atoms with van der Waals surface area (Å²) in [6, 6.07) is 2.08. The number of hydrogen-bond acceptors (Lipinski definition) is 3. The molecule has 3 unspecified atom stereocenters. The largest absolute Gasteiger partial charge is 0.328 e. The Labute approximate surface area is 106 Å². The van der Waals surface area contributed by atoms with Crippen LogP contribution >= 0.6 is 0 Å². The van der Waals surface area contributed by atoms with Gasteiger partial charge in [-0.15, -0.1) is 0 Å². The van der Waals surface area contributed by atoms with Gasteiger partial charge in [0.05, 0.1) is 0 Å². The van der Waals surface area contributed by atoms with Gasteiger partial charge in [0.15, 0.2) is 0 Å². The smallest absolute Gasteiger partial charge is 0.0223 e. The average molecular weight is 239 g/mol. The second-order valence-corrected chi connectivity index (χ2v) is 6.11. The van der Waals surface area contributed by atoms with Gasteiger partial charge in [0.2, 0.25) is 0 Å². The molecule has 3 atom stereocenters. The number of nitrogens with two attached hydrogens (primary N) is 1. The highest BCUT2D eigenvalue weighted by molar-refractivity contribution is 4.90. The van der Waals surface area contributed by atoms with Gasteiger partial charge in [-0.05, 0) is 59.2 Å². The fourth-order valence-corrected chi connectivity index (χ4v) is 3.38. The molecule has 0 saturated carbocycles. The lowest BCUT2D eigenvalue weighted by atomic mass is 10.1. The van der Waals surface area contributed by atoms with Crippen molar-refractivity contribution >= 4 is 0 Å². The van der Waals surface area contributed by atoms with Crippen molar-refractivity contribution in [1.29, 1.82) is 0 Å². The van der Waals surface area contributed by atoms with E-state index < -0.39 is 0 Å². The first-order chi connectivity index (χ1) is 8.16. The standard InChI is InChI=1S/C14H29N3/c1-12(15)5-3-4-9-17-10-8-13-6-7-14(11-17)16(13)2/h12-14H,3-11,15H2,1-2H3. The summed E-state index contributed by atoms with van der Waals surface area (Å²) in [6.07, 6.45) is 8.01. The molecule has 0 aromatic carbocycles. The Morgan fingerprint density at radius 1 is 1.18 bits per heavy atom. The number of hydrogen-bond donors (Lipinski definition) is 1. The van der Waals surface area contributed by atoms with Gasteiger partial charge in [-0.3, -0.25) is 4.90 Å². The average Bonchev–Trinajstić information content (AvgIpc) is 2.51. The third-order valence-electron chi connectivity index (χ3n) is 4.62. The van der Waals surface area contributed by atoms with Crippen molar-refractivity contribution in [2.75, 3.05) is 26.7 Å². The molecule has 0 spiro atoms. The molecule has 2 N–H and O–H groups in total. The highest BCUT2D eigenvalue weighted by Crippen LogP contribution is 2.28. The molecule has 2 heterocycles. The molecule has 3 nitrogen and oxygen atoms in total. The van der Waals surface area contributed by atoms with E-state index >= 15 is 0 Å². The van der Waals surface area contributed by atoms with Crippen molar-refractivity contribution in [3.63, 3.8) is 0 Å². The third-order valence-corrected chi connectivity index (χ3v) is 4.62. The van der Waals surface area contributed by atoms with E-state index in [1.807, 2.05) is 0 Å². The summed E-state index contributed by atoms with van der Waals surface area (Å²) in [6.45, 7) is 6.00. The molecule has 17 heavy (non-hydrogen) atoms. The van der Waals surface area contributed by atoms with Crippen LogP contribution in [0.4, 0.5) is 0 Å². The number of rotatable bonds is 5. The molecule has 2 fully saturated rings. The monoisotopic (exact) mass is 239 g/mol. The quantitative estimate of drug-likeness (QED) is 0.741. The third kappa shape index (κ3) is 3.67. The Kier molecular flexibility index (Phi) is 4.83. The van der Waals surface area contributed by atoms with Gasteiger partial charge in [-0.2, -0.15) is 0 Å². The lowest BCUT2D eigenvalue weighted by Crippen LogP contribution is -2.37. The molecule has 3 heteroatoms. The van der Waals surface area contributed by atoms with E-state index in [-0.39, 0.29) is 0 Å². The van der Waals surface area contributed by atoms with Crippen LogP contribution < -0.4 is 5.73 Å². The fraction of sp³-hybridized carbons (Fsp3) is 1.00. The summed E-state index contributed by atoms with van der Waals surface area (Å²) in [7, 11) is 2.32. The fourth-order valence-electron chi connectivity index (χ4n) is 3.38. The van der Waals surface area contributed by atoms with Crippen LogP contribution in [0.5, 0.6) is 0 Å². The van der Waals surface area contributed by atoms with E-state index in [4.69, 9.17) is 5.73 Å². The van der Waals surface area contributed by atoms with E-state index in [1.165, 1.54) is 58.2 Å². The highest BCUT2D eigenvalue weighted by atomic mass is 15.3. The van der Waals surface area contributed by atoms with E-state index in [2.05, 4.69) is 23.8 Å².